The Morgan fingerprint density at radius 3 is 2.63 bits per heavy atom. The maximum atomic E-state index is 12.4. The molecule has 0 heterocycles. The maximum absolute atomic E-state index is 12.4. The highest BCUT2D eigenvalue weighted by Gasteiger charge is 2.35. The van der Waals surface area contributed by atoms with Gasteiger partial charge in [0.05, 0.1) is 12.0 Å². The molecule has 1 aliphatic carbocycles. The topological polar surface area (TPSA) is 37.3 Å². The van der Waals surface area contributed by atoms with Crippen molar-refractivity contribution in [2.24, 2.45) is 5.92 Å². The molecule has 2 heteroatoms. The number of hydrogen-bond acceptors (Lipinski definition) is 2. The van der Waals surface area contributed by atoms with Crippen LogP contribution < -0.4 is 0 Å². The zero-order valence-corrected chi connectivity index (χ0v) is 10.8. The lowest BCUT2D eigenvalue weighted by Gasteiger charge is -2.16. The summed E-state index contributed by atoms with van der Waals surface area (Å²) in [6.07, 6.45) is -0.0914. The molecule has 0 amide bonds. The summed E-state index contributed by atoms with van der Waals surface area (Å²) >= 11 is 0. The number of carbonyl (C=O) groups excluding carboxylic acids is 1. The minimum atomic E-state index is -0.721. The van der Waals surface area contributed by atoms with Crippen LogP contribution in [-0.4, -0.2) is 10.9 Å². The Bertz CT molecular complexity index is 616. The molecule has 1 N–H and O–H groups in total. The Hall–Kier alpha value is -1.93. The first kappa shape index (κ1) is 12.1. The van der Waals surface area contributed by atoms with Gasteiger partial charge in [-0.1, -0.05) is 48.0 Å². The average molecular weight is 252 g/mol. The fourth-order valence-corrected chi connectivity index (χ4v) is 2.76. The van der Waals surface area contributed by atoms with Crippen LogP contribution in [0.4, 0.5) is 0 Å². The van der Waals surface area contributed by atoms with Crippen LogP contribution in [0.15, 0.2) is 48.5 Å². The summed E-state index contributed by atoms with van der Waals surface area (Å²) in [6, 6.07) is 15.4. The number of hydrogen-bond donors (Lipinski definition) is 1. The van der Waals surface area contributed by atoms with Crippen LogP contribution in [-0.2, 0) is 6.42 Å². The molecule has 0 spiro atoms. The van der Waals surface area contributed by atoms with E-state index >= 15 is 0 Å². The summed E-state index contributed by atoms with van der Waals surface area (Å²) < 4.78 is 0. The fraction of sp³-hybridized carbons (Fsp3) is 0.235. The SMILES string of the molecule is Cc1ccc2c(c1)C(=O)C(C(O)c1ccccc1)C2. The van der Waals surface area contributed by atoms with Gasteiger partial charge in [0.1, 0.15) is 0 Å². The third-order valence-electron chi connectivity index (χ3n) is 3.83. The molecule has 0 fully saturated rings. The first-order chi connectivity index (χ1) is 9.16. The van der Waals surface area contributed by atoms with Crippen LogP contribution in [0.2, 0.25) is 0 Å². The van der Waals surface area contributed by atoms with E-state index in [-0.39, 0.29) is 11.7 Å². The van der Waals surface area contributed by atoms with Crippen molar-refractivity contribution < 1.29 is 9.90 Å². The Labute approximate surface area is 112 Å². The van der Waals surface area contributed by atoms with Gasteiger partial charge in [0.25, 0.3) is 0 Å². The Morgan fingerprint density at radius 2 is 1.89 bits per heavy atom. The molecule has 2 unspecified atom stereocenters. The summed E-state index contributed by atoms with van der Waals surface area (Å²) in [7, 11) is 0. The van der Waals surface area contributed by atoms with Gasteiger partial charge in [0, 0.05) is 5.56 Å². The largest absolute Gasteiger partial charge is 0.388 e. The predicted octanol–water partition coefficient (Wildman–Crippen LogP) is 3.08. The van der Waals surface area contributed by atoms with Gasteiger partial charge in [-0.25, -0.2) is 0 Å². The van der Waals surface area contributed by atoms with Crippen molar-refractivity contribution in [3.8, 4) is 0 Å². The standard InChI is InChI=1S/C17H16O2/c1-11-7-8-13-10-15(17(19)14(13)9-11)16(18)12-5-3-2-4-6-12/h2-9,15-16,18H,10H2,1H3. The van der Waals surface area contributed by atoms with Gasteiger partial charge in [-0.05, 0) is 30.5 Å². The van der Waals surface area contributed by atoms with Crippen molar-refractivity contribution >= 4 is 5.78 Å². The molecule has 0 saturated heterocycles. The number of benzene rings is 2. The summed E-state index contributed by atoms with van der Waals surface area (Å²) in [6.45, 7) is 1.98. The molecule has 2 nitrogen and oxygen atoms in total. The van der Waals surface area contributed by atoms with Gasteiger partial charge in [-0.3, -0.25) is 4.79 Å². The second kappa shape index (κ2) is 4.63. The normalized spacial score (nSPS) is 19.3. The van der Waals surface area contributed by atoms with Crippen molar-refractivity contribution in [2.75, 3.05) is 0 Å². The van der Waals surface area contributed by atoms with Gasteiger partial charge in [0.2, 0.25) is 0 Å². The number of aryl methyl sites for hydroxylation is 1. The van der Waals surface area contributed by atoms with Gasteiger partial charge in [-0.15, -0.1) is 0 Å². The molecule has 3 rings (SSSR count). The number of ketones is 1. The quantitative estimate of drug-likeness (QED) is 0.891. The lowest BCUT2D eigenvalue weighted by molar-refractivity contribution is 0.0709. The number of aliphatic hydroxyl groups excluding tert-OH is 1. The van der Waals surface area contributed by atoms with Crippen molar-refractivity contribution in [1.82, 2.24) is 0 Å². The molecule has 0 radical (unpaired) electrons. The van der Waals surface area contributed by atoms with Gasteiger partial charge < -0.3 is 5.11 Å². The van der Waals surface area contributed by atoms with Gasteiger partial charge >= 0.3 is 0 Å². The van der Waals surface area contributed by atoms with Crippen molar-refractivity contribution in [2.45, 2.75) is 19.4 Å². The Kier molecular flexibility index (Phi) is 2.96. The molecule has 0 aromatic heterocycles. The average Bonchev–Trinajstić information content (AvgIpc) is 2.76. The molecule has 2 aromatic carbocycles. The second-order valence-electron chi connectivity index (χ2n) is 5.19. The first-order valence-corrected chi connectivity index (χ1v) is 6.53. The number of rotatable bonds is 2. The third kappa shape index (κ3) is 2.08. The molecule has 0 aliphatic heterocycles. The van der Waals surface area contributed by atoms with Crippen LogP contribution in [0.5, 0.6) is 0 Å². The second-order valence-corrected chi connectivity index (χ2v) is 5.19. The summed E-state index contributed by atoms with van der Waals surface area (Å²) in [5, 5.41) is 10.4. The zero-order chi connectivity index (χ0) is 13.4. The van der Waals surface area contributed by atoms with E-state index in [4.69, 9.17) is 0 Å². The van der Waals surface area contributed by atoms with E-state index in [0.29, 0.717) is 6.42 Å². The molecule has 96 valence electrons. The van der Waals surface area contributed by atoms with E-state index < -0.39 is 6.10 Å². The highest BCUT2D eigenvalue weighted by Crippen LogP contribution is 2.35. The Balaban J connectivity index is 1.92. The van der Waals surface area contributed by atoms with E-state index in [1.165, 1.54) is 0 Å². The zero-order valence-electron chi connectivity index (χ0n) is 10.8. The summed E-state index contributed by atoms with van der Waals surface area (Å²) in [5.74, 6) is -0.283. The monoisotopic (exact) mass is 252 g/mol. The van der Waals surface area contributed by atoms with Crippen molar-refractivity contribution in [1.29, 1.82) is 0 Å². The molecule has 0 bridgehead atoms. The number of fused-ring (bicyclic) bond motifs is 1. The third-order valence-corrected chi connectivity index (χ3v) is 3.83. The maximum Gasteiger partial charge on any atom is 0.169 e. The van der Waals surface area contributed by atoms with Crippen LogP contribution in [0.1, 0.15) is 33.2 Å². The summed E-state index contributed by atoms with van der Waals surface area (Å²) in [4.78, 5) is 12.4. The lowest BCUT2D eigenvalue weighted by atomic mass is 9.92. The Morgan fingerprint density at radius 1 is 1.16 bits per heavy atom. The summed E-state index contributed by atoms with van der Waals surface area (Å²) in [5.41, 5.74) is 3.72. The molecular weight excluding hydrogens is 236 g/mol. The first-order valence-electron chi connectivity index (χ1n) is 6.53. The lowest BCUT2D eigenvalue weighted by Crippen LogP contribution is -2.18. The van der Waals surface area contributed by atoms with E-state index in [1.807, 2.05) is 55.5 Å². The predicted molar refractivity (Wildman–Crippen MR) is 74.1 cm³/mol. The molecule has 0 saturated carbocycles. The molecule has 1 aliphatic rings. The van der Waals surface area contributed by atoms with Gasteiger partial charge in [-0.2, -0.15) is 0 Å². The van der Waals surface area contributed by atoms with Crippen LogP contribution in [0, 0.1) is 12.8 Å². The minimum absolute atomic E-state index is 0.0649. The van der Waals surface area contributed by atoms with Crippen molar-refractivity contribution in [3.63, 3.8) is 0 Å². The van der Waals surface area contributed by atoms with E-state index in [1.54, 1.807) is 0 Å². The van der Waals surface area contributed by atoms with Crippen LogP contribution in [0.3, 0.4) is 0 Å². The molecule has 19 heavy (non-hydrogen) atoms. The molecular formula is C17H16O2. The number of carbonyl (C=O) groups is 1. The molecule has 2 aromatic rings. The number of aliphatic hydroxyl groups is 1. The minimum Gasteiger partial charge on any atom is -0.388 e. The van der Waals surface area contributed by atoms with Crippen LogP contribution in [0.25, 0.3) is 0 Å². The highest BCUT2D eigenvalue weighted by atomic mass is 16.3. The van der Waals surface area contributed by atoms with Gasteiger partial charge in [0.15, 0.2) is 5.78 Å². The highest BCUT2D eigenvalue weighted by molar-refractivity contribution is 6.02. The van der Waals surface area contributed by atoms with Crippen molar-refractivity contribution in [3.05, 3.63) is 70.8 Å². The smallest absolute Gasteiger partial charge is 0.169 e. The molecule has 2 atom stereocenters. The number of Topliss-reactive ketones (excluding diaryl/α,β-unsaturated/α-hetero) is 1. The van der Waals surface area contributed by atoms with Crippen LogP contribution >= 0.6 is 0 Å². The van der Waals surface area contributed by atoms with E-state index in [2.05, 4.69) is 0 Å². The van der Waals surface area contributed by atoms with E-state index in [9.17, 15) is 9.90 Å². The van der Waals surface area contributed by atoms with E-state index in [0.717, 1.165) is 22.3 Å². The fourth-order valence-electron chi connectivity index (χ4n) is 2.76.